The molecule has 0 N–H and O–H groups in total. The predicted octanol–water partition coefficient (Wildman–Crippen LogP) is 5.08. The molecule has 0 unspecified atom stereocenters. The smallest absolute Gasteiger partial charge is 0.345 e. The molecule has 41 heavy (non-hydrogen) atoms. The molecule has 5 aromatic rings. The topological polar surface area (TPSA) is 115 Å². The number of hydrogen-bond donors (Lipinski definition) is 0. The summed E-state index contributed by atoms with van der Waals surface area (Å²) in [6.45, 7) is -6.51. The predicted molar refractivity (Wildman–Crippen MR) is 133 cm³/mol. The van der Waals surface area contributed by atoms with E-state index in [2.05, 4.69) is 30.3 Å². The van der Waals surface area contributed by atoms with Crippen molar-refractivity contribution in [1.82, 2.24) is 39.5 Å². The van der Waals surface area contributed by atoms with Crippen molar-refractivity contribution in [1.29, 1.82) is 0 Å². The van der Waals surface area contributed by atoms with Gasteiger partial charge in [0.05, 0.1) is 40.3 Å². The van der Waals surface area contributed by atoms with E-state index in [-0.39, 0.29) is 50.4 Å². The molecule has 0 bridgehead atoms. The second-order valence-corrected chi connectivity index (χ2v) is 9.16. The Kier molecular flexibility index (Phi) is 8.14. The van der Waals surface area contributed by atoms with E-state index in [0.717, 1.165) is 12.5 Å². The van der Waals surface area contributed by atoms with Crippen LogP contribution in [0.1, 0.15) is 24.7 Å². The zero-order valence-corrected chi connectivity index (χ0v) is 21.8. The number of pyridine rings is 1. The third kappa shape index (κ3) is 5.71. The maximum Gasteiger partial charge on any atom is 0.345 e. The maximum absolute atomic E-state index is 15.2. The third-order valence-corrected chi connectivity index (χ3v) is 6.60. The molecule has 214 valence electrons. The van der Waals surface area contributed by atoms with Crippen molar-refractivity contribution in [2.45, 2.75) is 25.6 Å². The van der Waals surface area contributed by atoms with Crippen molar-refractivity contribution in [3.05, 3.63) is 82.4 Å². The van der Waals surface area contributed by atoms with Gasteiger partial charge in [-0.15, -0.1) is 5.10 Å². The fourth-order valence-corrected chi connectivity index (χ4v) is 4.65. The molecule has 1 aromatic carbocycles. The summed E-state index contributed by atoms with van der Waals surface area (Å²) >= 11 is 12.0. The van der Waals surface area contributed by atoms with Crippen LogP contribution in [0.5, 0.6) is 0 Å². The summed E-state index contributed by atoms with van der Waals surface area (Å²) in [5, 5.41) is 27.9. The summed E-state index contributed by atoms with van der Waals surface area (Å²) < 4.78 is 75.3. The monoisotopic (exact) mass is 615 g/mol. The van der Waals surface area contributed by atoms with Crippen molar-refractivity contribution in [3.8, 4) is 28.1 Å². The van der Waals surface area contributed by atoms with Crippen LogP contribution in [0, 0.1) is 11.0 Å². The van der Waals surface area contributed by atoms with Crippen molar-refractivity contribution in [3.63, 3.8) is 0 Å². The Morgan fingerprint density at radius 1 is 1.05 bits per heavy atom. The Morgan fingerprint density at radius 2 is 1.85 bits per heavy atom. The van der Waals surface area contributed by atoms with Crippen LogP contribution < -0.4 is 4.73 Å². The molecule has 0 amide bonds. The number of hydrogen-bond acceptors (Lipinski definition) is 7. The minimum absolute atomic E-state index is 0.00105. The number of nitrogens with zero attached hydrogens (tertiary/aromatic N) is 9. The first kappa shape index (κ1) is 28.4. The molecule has 0 saturated heterocycles. The van der Waals surface area contributed by atoms with Gasteiger partial charge in [0, 0.05) is 24.2 Å². The summed E-state index contributed by atoms with van der Waals surface area (Å²) in [5.41, 5.74) is 0.221. The first-order valence-corrected chi connectivity index (χ1v) is 12.3. The second kappa shape index (κ2) is 11.8. The minimum atomic E-state index is -3.07. The van der Waals surface area contributed by atoms with Gasteiger partial charge in [0.25, 0.3) is 0 Å². The molecule has 0 aliphatic carbocycles. The van der Waals surface area contributed by atoms with Gasteiger partial charge in [-0.2, -0.15) is 32.1 Å². The zero-order valence-electron chi connectivity index (χ0n) is 20.3. The van der Waals surface area contributed by atoms with Gasteiger partial charge in [-0.05, 0) is 28.6 Å². The Bertz CT molecular complexity index is 1660. The number of benzene rings is 1. The first-order chi connectivity index (χ1) is 19.7. The highest BCUT2D eigenvalue weighted by Gasteiger charge is 2.27. The van der Waals surface area contributed by atoms with Crippen molar-refractivity contribution >= 4 is 23.2 Å². The van der Waals surface area contributed by atoms with Gasteiger partial charge in [0.2, 0.25) is 5.69 Å². The number of alkyl halides is 4. The van der Waals surface area contributed by atoms with E-state index in [1.807, 2.05) is 0 Å². The summed E-state index contributed by atoms with van der Waals surface area (Å²) in [4.78, 5) is 3.69. The summed E-state index contributed by atoms with van der Waals surface area (Å²) in [5.74, 6) is -0.835. The van der Waals surface area contributed by atoms with Crippen LogP contribution in [0.15, 0.2) is 55.5 Å². The van der Waals surface area contributed by atoms with Gasteiger partial charge in [-0.25, -0.2) is 9.37 Å². The van der Waals surface area contributed by atoms with Crippen LogP contribution in [0.2, 0.25) is 10.2 Å². The van der Waals surface area contributed by atoms with Crippen LogP contribution in [0.3, 0.4) is 0 Å². The average Bonchev–Trinajstić information content (AvgIpc) is 3.69. The average molecular weight is 616 g/mol. The number of ether oxygens (including phenoxy) is 1. The molecule has 11 nitrogen and oxygen atoms in total. The van der Waals surface area contributed by atoms with Crippen molar-refractivity contribution in [2.24, 2.45) is 0 Å². The van der Waals surface area contributed by atoms with Gasteiger partial charge >= 0.3 is 13.2 Å². The van der Waals surface area contributed by atoms with Gasteiger partial charge < -0.3 is 9.94 Å². The van der Waals surface area contributed by atoms with Gasteiger partial charge in [0.15, 0.2) is 17.2 Å². The van der Waals surface area contributed by atoms with E-state index < -0.39 is 31.6 Å². The molecule has 18 heteroatoms. The molecule has 5 rings (SSSR count). The lowest BCUT2D eigenvalue weighted by molar-refractivity contribution is -0.615. The fraction of sp³-hybridized carbons (Fsp3) is 0.217. The molecule has 0 aliphatic heterocycles. The molecule has 4 aromatic heterocycles. The van der Waals surface area contributed by atoms with Crippen LogP contribution in [-0.4, -0.2) is 52.8 Å². The molecule has 1 atom stereocenters. The van der Waals surface area contributed by atoms with Crippen LogP contribution >= 0.6 is 23.2 Å². The molecule has 0 saturated carbocycles. The first-order valence-electron chi connectivity index (χ1n) is 11.5. The van der Waals surface area contributed by atoms with E-state index in [9.17, 15) is 22.8 Å². The Labute approximate surface area is 236 Å². The van der Waals surface area contributed by atoms with E-state index in [1.165, 1.54) is 52.4 Å². The van der Waals surface area contributed by atoms with E-state index in [0.29, 0.717) is 9.30 Å². The number of imidazole rings is 1. The molecule has 0 spiro atoms. The third-order valence-electron chi connectivity index (χ3n) is 6.03. The quantitative estimate of drug-likeness (QED) is 0.122. The lowest BCUT2D eigenvalue weighted by atomic mass is 10.0. The number of tetrazole rings is 1. The van der Waals surface area contributed by atoms with E-state index in [4.69, 9.17) is 23.2 Å². The highest BCUT2D eigenvalue weighted by atomic mass is 35.5. The van der Waals surface area contributed by atoms with E-state index >= 15 is 4.39 Å². The van der Waals surface area contributed by atoms with Gasteiger partial charge in [-0.1, -0.05) is 23.2 Å². The summed E-state index contributed by atoms with van der Waals surface area (Å²) in [7, 11) is 0. The molecule has 0 fully saturated rings. The standard InChI is InChI=1S/C23H16Cl2F5N9O2/c24-14-2-4-17(38-11-32-34-35-38)18(19(14)26)12-1-3-16(39(40)9-12)15(5-6-41-23(29)30)37-8-13(7-33-37)20-21(25)31-10-36(20)22(27)28/h1-4,7-11,15,22-23H,5-6H2/t15-/m1/s1. The Morgan fingerprint density at radius 3 is 2.54 bits per heavy atom. The number of rotatable bonds is 10. The number of halogens is 7. The zero-order chi connectivity index (χ0) is 29.3. The Balaban J connectivity index is 1.56. The molecule has 0 radical (unpaired) electrons. The highest BCUT2D eigenvalue weighted by molar-refractivity contribution is 6.32. The largest absolute Gasteiger partial charge is 0.618 e. The lowest BCUT2D eigenvalue weighted by Gasteiger charge is -2.18. The molecule has 4 heterocycles. The maximum atomic E-state index is 15.2. The van der Waals surface area contributed by atoms with Crippen LogP contribution in [0.25, 0.3) is 28.1 Å². The van der Waals surface area contributed by atoms with Crippen molar-refractivity contribution in [2.75, 3.05) is 6.61 Å². The molecular weight excluding hydrogens is 600 g/mol. The molecule has 0 aliphatic rings. The van der Waals surface area contributed by atoms with Crippen LogP contribution in [-0.2, 0) is 4.74 Å². The summed E-state index contributed by atoms with van der Waals surface area (Å²) in [6, 6.07) is 4.51. The Hall–Kier alpha value is -4.15. The minimum Gasteiger partial charge on any atom is -0.618 e. The lowest BCUT2D eigenvalue weighted by Crippen LogP contribution is -2.36. The second-order valence-electron chi connectivity index (χ2n) is 8.39. The molecular formula is C23H16Cl2F5N9O2. The fourth-order valence-electron chi connectivity index (χ4n) is 4.25. The highest BCUT2D eigenvalue weighted by Crippen LogP contribution is 2.34. The SMILES string of the molecule is [O-][n+]1cc(-c2c(-n3cnnn3)ccc(Cl)c2F)ccc1[C@@H](CCOC(F)F)n1cc(-c2c(Cl)ncn2C(F)F)cn1. The van der Waals surface area contributed by atoms with Gasteiger partial charge in [-0.3, -0.25) is 9.25 Å². The van der Waals surface area contributed by atoms with Gasteiger partial charge in [0.1, 0.15) is 18.7 Å². The van der Waals surface area contributed by atoms with Crippen LogP contribution in [0.4, 0.5) is 22.0 Å². The normalized spacial score (nSPS) is 12.5. The summed E-state index contributed by atoms with van der Waals surface area (Å²) in [6.07, 6.45) is 5.51. The van der Waals surface area contributed by atoms with E-state index in [1.54, 1.807) is 0 Å². The van der Waals surface area contributed by atoms with Crippen molar-refractivity contribution < 1.29 is 31.4 Å². The number of aromatic nitrogens is 9.